The number of aliphatic hydroxyl groups excluding tert-OH is 1. The summed E-state index contributed by atoms with van der Waals surface area (Å²) in [4.78, 5) is 10.3. The van der Waals surface area contributed by atoms with E-state index < -0.39 is 12.1 Å². The lowest BCUT2D eigenvalue weighted by Gasteiger charge is -1.99. The summed E-state index contributed by atoms with van der Waals surface area (Å²) in [6, 6.07) is 0. The quantitative estimate of drug-likeness (QED) is 0.670. The fourth-order valence-corrected chi connectivity index (χ4v) is 0.836. The third-order valence-corrected chi connectivity index (χ3v) is 1.53. The van der Waals surface area contributed by atoms with Crippen molar-refractivity contribution in [2.24, 2.45) is 0 Å². The van der Waals surface area contributed by atoms with E-state index in [0.717, 1.165) is 0 Å². The monoisotopic (exact) mass is 170 g/mol. The highest BCUT2D eigenvalue weighted by Gasteiger charge is 2.16. The van der Waals surface area contributed by atoms with Crippen molar-refractivity contribution < 1.29 is 15.0 Å². The number of rotatable bonds is 3. The molecule has 0 amide bonds. The fraction of sp³-hybridized carbons (Fsp3) is 0.429. The zero-order valence-electron chi connectivity index (χ0n) is 6.64. The van der Waals surface area contributed by atoms with Gasteiger partial charge in [0.15, 0.2) is 6.10 Å². The predicted octanol–water partition coefficient (Wildman–Crippen LogP) is 0.0210. The first-order valence-corrected chi connectivity index (χ1v) is 3.58. The Balaban J connectivity index is 2.81. The number of aliphatic carboxylic acids is 1. The van der Waals surface area contributed by atoms with Gasteiger partial charge in [0.25, 0.3) is 0 Å². The molecule has 0 bridgehead atoms. The zero-order chi connectivity index (χ0) is 9.14. The summed E-state index contributed by atoms with van der Waals surface area (Å²) in [5, 5.41) is 21.3. The van der Waals surface area contributed by atoms with Crippen LogP contribution in [0.4, 0.5) is 0 Å². The van der Waals surface area contributed by atoms with Crippen molar-refractivity contribution in [3.05, 3.63) is 18.0 Å². The average Bonchev–Trinajstić information content (AvgIpc) is 2.50. The normalized spacial score (nSPS) is 12.8. The molecule has 0 aliphatic heterocycles. The molecule has 5 heteroatoms. The maximum absolute atomic E-state index is 10.3. The largest absolute Gasteiger partial charge is 0.479 e. The van der Waals surface area contributed by atoms with Crippen molar-refractivity contribution >= 4 is 5.97 Å². The molecular weight excluding hydrogens is 160 g/mol. The zero-order valence-corrected chi connectivity index (χ0v) is 6.64. The number of nitrogens with zero attached hydrogens (tertiary/aromatic N) is 2. The minimum absolute atomic E-state index is 0.310. The molecule has 0 spiro atoms. The molecule has 1 heterocycles. The molecule has 0 saturated heterocycles. The molecule has 1 aromatic rings. The second-order valence-corrected chi connectivity index (χ2v) is 2.37. The van der Waals surface area contributed by atoms with Crippen molar-refractivity contribution in [3.8, 4) is 0 Å². The van der Waals surface area contributed by atoms with Crippen LogP contribution in [0.1, 0.15) is 18.6 Å². The van der Waals surface area contributed by atoms with Crippen molar-refractivity contribution in [2.75, 3.05) is 0 Å². The molecule has 0 aromatic carbocycles. The van der Waals surface area contributed by atoms with E-state index in [1.165, 1.54) is 12.4 Å². The average molecular weight is 170 g/mol. The van der Waals surface area contributed by atoms with Crippen molar-refractivity contribution in [1.29, 1.82) is 0 Å². The van der Waals surface area contributed by atoms with Gasteiger partial charge in [-0.1, -0.05) is 0 Å². The van der Waals surface area contributed by atoms with Gasteiger partial charge in [0.2, 0.25) is 0 Å². The SMILES string of the molecule is CCn1cc(C(O)C(=O)O)cn1. The molecule has 0 saturated carbocycles. The second-order valence-electron chi connectivity index (χ2n) is 2.37. The number of carboxylic acid groups (broad SMARTS) is 1. The molecule has 0 fully saturated rings. The lowest BCUT2D eigenvalue weighted by molar-refractivity contribution is -0.146. The smallest absolute Gasteiger partial charge is 0.337 e. The molecular formula is C7H10N2O3. The van der Waals surface area contributed by atoms with Crippen LogP contribution in [0, 0.1) is 0 Å². The Kier molecular flexibility index (Phi) is 2.44. The first-order chi connectivity index (χ1) is 5.65. The van der Waals surface area contributed by atoms with Crippen LogP contribution in [-0.4, -0.2) is 26.0 Å². The van der Waals surface area contributed by atoms with E-state index in [-0.39, 0.29) is 0 Å². The molecule has 1 atom stereocenters. The molecule has 12 heavy (non-hydrogen) atoms. The van der Waals surface area contributed by atoms with Crippen LogP contribution in [-0.2, 0) is 11.3 Å². The molecule has 1 unspecified atom stereocenters. The predicted molar refractivity (Wildman–Crippen MR) is 40.5 cm³/mol. The number of aryl methyl sites for hydroxylation is 1. The number of hydrogen-bond acceptors (Lipinski definition) is 3. The summed E-state index contributed by atoms with van der Waals surface area (Å²) in [5.41, 5.74) is 0.310. The number of aromatic nitrogens is 2. The van der Waals surface area contributed by atoms with Crippen LogP contribution in [0.3, 0.4) is 0 Å². The third kappa shape index (κ3) is 1.62. The maximum atomic E-state index is 10.3. The summed E-state index contributed by atoms with van der Waals surface area (Å²) >= 11 is 0. The van der Waals surface area contributed by atoms with E-state index >= 15 is 0 Å². The molecule has 0 radical (unpaired) electrons. The van der Waals surface area contributed by atoms with Gasteiger partial charge in [0.05, 0.1) is 6.20 Å². The van der Waals surface area contributed by atoms with Crippen LogP contribution in [0.2, 0.25) is 0 Å². The van der Waals surface area contributed by atoms with Crippen LogP contribution < -0.4 is 0 Å². The molecule has 66 valence electrons. The van der Waals surface area contributed by atoms with Crippen molar-refractivity contribution in [1.82, 2.24) is 9.78 Å². The van der Waals surface area contributed by atoms with Crippen LogP contribution >= 0.6 is 0 Å². The first-order valence-electron chi connectivity index (χ1n) is 3.58. The maximum Gasteiger partial charge on any atom is 0.337 e. The molecule has 0 aliphatic carbocycles. The Bertz CT molecular complexity index is 282. The van der Waals surface area contributed by atoms with Gasteiger partial charge in [-0.3, -0.25) is 4.68 Å². The van der Waals surface area contributed by atoms with Gasteiger partial charge in [-0.2, -0.15) is 5.10 Å². The molecule has 5 nitrogen and oxygen atoms in total. The van der Waals surface area contributed by atoms with Gasteiger partial charge < -0.3 is 10.2 Å². The van der Waals surface area contributed by atoms with E-state index in [0.29, 0.717) is 12.1 Å². The summed E-state index contributed by atoms with van der Waals surface area (Å²) < 4.78 is 1.56. The van der Waals surface area contributed by atoms with Gasteiger partial charge in [-0.25, -0.2) is 4.79 Å². The minimum Gasteiger partial charge on any atom is -0.479 e. The Morgan fingerprint density at radius 1 is 1.83 bits per heavy atom. The van der Waals surface area contributed by atoms with Gasteiger partial charge in [0.1, 0.15) is 0 Å². The van der Waals surface area contributed by atoms with Gasteiger partial charge >= 0.3 is 5.97 Å². The van der Waals surface area contributed by atoms with E-state index in [4.69, 9.17) is 10.2 Å². The molecule has 1 aromatic heterocycles. The molecule has 2 N–H and O–H groups in total. The summed E-state index contributed by atoms with van der Waals surface area (Å²) in [6.45, 7) is 2.54. The summed E-state index contributed by atoms with van der Waals surface area (Å²) in [5.74, 6) is -1.26. The lowest BCUT2D eigenvalue weighted by Crippen LogP contribution is -2.09. The van der Waals surface area contributed by atoms with Crippen molar-refractivity contribution in [2.45, 2.75) is 19.6 Å². The topological polar surface area (TPSA) is 75.4 Å². The number of hydrogen-bond donors (Lipinski definition) is 2. The number of carboxylic acids is 1. The Hall–Kier alpha value is -1.36. The number of aliphatic hydroxyl groups is 1. The van der Waals surface area contributed by atoms with Crippen LogP contribution in [0.5, 0.6) is 0 Å². The minimum atomic E-state index is -1.47. The Morgan fingerprint density at radius 3 is 2.92 bits per heavy atom. The van der Waals surface area contributed by atoms with E-state index in [1.807, 2.05) is 6.92 Å². The lowest BCUT2D eigenvalue weighted by atomic mass is 10.2. The van der Waals surface area contributed by atoms with E-state index in [9.17, 15) is 4.79 Å². The van der Waals surface area contributed by atoms with E-state index in [1.54, 1.807) is 4.68 Å². The fourth-order valence-electron chi connectivity index (χ4n) is 0.836. The van der Waals surface area contributed by atoms with Crippen LogP contribution in [0.25, 0.3) is 0 Å². The highest BCUT2D eigenvalue weighted by molar-refractivity contribution is 5.73. The van der Waals surface area contributed by atoms with Gasteiger partial charge in [-0.05, 0) is 6.92 Å². The standard InChI is InChI=1S/C7H10N2O3/c1-2-9-4-5(3-8-9)6(10)7(11)12/h3-4,6,10H,2H2,1H3,(H,11,12). The van der Waals surface area contributed by atoms with E-state index in [2.05, 4.69) is 5.10 Å². The summed E-state index contributed by atoms with van der Waals surface area (Å²) in [7, 11) is 0. The third-order valence-electron chi connectivity index (χ3n) is 1.53. The summed E-state index contributed by atoms with van der Waals surface area (Å²) in [6.07, 6.45) is 1.39. The highest BCUT2D eigenvalue weighted by Crippen LogP contribution is 2.10. The highest BCUT2D eigenvalue weighted by atomic mass is 16.4. The molecule has 1 rings (SSSR count). The van der Waals surface area contributed by atoms with Gasteiger partial charge in [0, 0.05) is 18.3 Å². The first kappa shape index (κ1) is 8.73. The Morgan fingerprint density at radius 2 is 2.50 bits per heavy atom. The van der Waals surface area contributed by atoms with Gasteiger partial charge in [-0.15, -0.1) is 0 Å². The number of carbonyl (C=O) groups is 1. The Labute approximate surface area is 69.2 Å². The van der Waals surface area contributed by atoms with Crippen molar-refractivity contribution in [3.63, 3.8) is 0 Å². The second kappa shape index (κ2) is 3.36. The van der Waals surface area contributed by atoms with Crippen LogP contribution in [0.15, 0.2) is 12.4 Å². The molecule has 0 aliphatic rings.